The largest absolute Gasteiger partial charge is 0.361 e. The molecule has 0 aliphatic rings. The Hall–Kier alpha value is -4.63. The zero-order valence-corrected chi connectivity index (χ0v) is 23.0. The van der Waals surface area contributed by atoms with Crippen LogP contribution in [0.3, 0.4) is 0 Å². The van der Waals surface area contributed by atoms with Gasteiger partial charge in [0.1, 0.15) is 6.04 Å². The first kappa shape index (κ1) is 28.4. The van der Waals surface area contributed by atoms with E-state index in [9.17, 15) is 14.4 Å². The smallest absolute Gasteiger partial charge is 0.318 e. The van der Waals surface area contributed by atoms with Gasteiger partial charge in [0.25, 0.3) is 0 Å². The fourth-order valence-electron chi connectivity index (χ4n) is 4.53. The van der Waals surface area contributed by atoms with E-state index in [1.54, 1.807) is 20.9 Å². The second kappa shape index (κ2) is 12.5. The van der Waals surface area contributed by atoms with Crippen LogP contribution in [0, 0.1) is 0 Å². The van der Waals surface area contributed by atoms with Gasteiger partial charge in [0, 0.05) is 54.6 Å². The molecule has 208 valence electrons. The van der Waals surface area contributed by atoms with E-state index in [2.05, 4.69) is 26.3 Å². The zero-order chi connectivity index (χ0) is 28.7. The van der Waals surface area contributed by atoms with Crippen molar-refractivity contribution in [3.8, 4) is 11.1 Å². The van der Waals surface area contributed by atoms with Crippen LogP contribution < -0.4 is 27.0 Å². The number of hydrogen-bond donors (Lipinski definition) is 6. The first-order chi connectivity index (χ1) is 19.1. The van der Waals surface area contributed by atoms with E-state index in [1.807, 2.05) is 79.0 Å². The van der Waals surface area contributed by atoms with Gasteiger partial charge in [-0.2, -0.15) is 0 Å². The number of aromatic nitrogens is 1. The molecule has 9 nitrogen and oxygen atoms in total. The molecule has 0 saturated heterocycles. The molecule has 1 heterocycles. The van der Waals surface area contributed by atoms with Crippen LogP contribution in [0.1, 0.15) is 31.4 Å². The summed E-state index contributed by atoms with van der Waals surface area (Å²) in [6.07, 6.45) is 2.31. The van der Waals surface area contributed by atoms with Crippen LogP contribution in [0.5, 0.6) is 0 Å². The monoisotopic (exact) mass is 540 g/mol. The number of hydrogen-bond acceptors (Lipinski definition) is 4. The highest BCUT2D eigenvalue weighted by Gasteiger charge is 2.25. The lowest BCUT2D eigenvalue weighted by Crippen LogP contribution is -2.50. The normalized spacial score (nSPS) is 12.0. The average molecular weight is 541 g/mol. The predicted molar refractivity (Wildman–Crippen MR) is 159 cm³/mol. The summed E-state index contributed by atoms with van der Waals surface area (Å²) < 4.78 is 0. The molecular weight excluding hydrogens is 504 g/mol. The summed E-state index contributed by atoms with van der Waals surface area (Å²) >= 11 is 0. The Morgan fingerprint density at radius 1 is 0.950 bits per heavy atom. The van der Waals surface area contributed by atoms with Gasteiger partial charge in [-0.3, -0.25) is 9.59 Å². The Bertz CT molecular complexity index is 1490. The third kappa shape index (κ3) is 7.48. The van der Waals surface area contributed by atoms with E-state index in [1.165, 1.54) is 0 Å². The highest BCUT2D eigenvalue weighted by molar-refractivity contribution is 5.94. The molecule has 4 aromatic rings. The van der Waals surface area contributed by atoms with E-state index in [4.69, 9.17) is 5.73 Å². The minimum atomic E-state index is -0.768. The van der Waals surface area contributed by atoms with Crippen molar-refractivity contribution in [1.29, 1.82) is 0 Å². The quantitative estimate of drug-likeness (QED) is 0.180. The predicted octanol–water partition coefficient (Wildman–Crippen LogP) is 4.06. The number of amides is 4. The van der Waals surface area contributed by atoms with Gasteiger partial charge in [-0.25, -0.2) is 4.79 Å². The van der Waals surface area contributed by atoms with Crippen molar-refractivity contribution in [2.75, 3.05) is 12.4 Å². The highest BCUT2D eigenvalue weighted by Crippen LogP contribution is 2.28. The number of urea groups is 1. The molecule has 0 aliphatic carbocycles. The number of carbonyl (C=O) groups is 3. The first-order valence-electron chi connectivity index (χ1n) is 13.2. The summed E-state index contributed by atoms with van der Waals surface area (Å²) in [7, 11) is 1.57. The number of H-pyrrole nitrogens is 1. The summed E-state index contributed by atoms with van der Waals surface area (Å²) in [4.78, 5) is 41.1. The fraction of sp³-hybridized carbons (Fsp3) is 0.258. The highest BCUT2D eigenvalue weighted by atomic mass is 16.2. The second-order valence-corrected chi connectivity index (χ2v) is 10.5. The summed E-state index contributed by atoms with van der Waals surface area (Å²) in [5.41, 5.74) is 10.7. The lowest BCUT2D eigenvalue weighted by molar-refractivity contribution is -0.129. The maximum Gasteiger partial charge on any atom is 0.318 e. The van der Waals surface area contributed by atoms with Gasteiger partial charge in [0.15, 0.2) is 0 Å². The van der Waals surface area contributed by atoms with Gasteiger partial charge in [-0.1, -0.05) is 60.7 Å². The first-order valence-corrected chi connectivity index (χ1v) is 13.2. The van der Waals surface area contributed by atoms with Crippen LogP contribution in [0.4, 0.5) is 10.5 Å². The van der Waals surface area contributed by atoms with Gasteiger partial charge in [-0.15, -0.1) is 0 Å². The second-order valence-electron chi connectivity index (χ2n) is 10.5. The van der Waals surface area contributed by atoms with E-state index in [0.29, 0.717) is 18.7 Å². The maximum absolute atomic E-state index is 13.3. The summed E-state index contributed by atoms with van der Waals surface area (Å²) in [6, 6.07) is 22.1. The molecule has 40 heavy (non-hydrogen) atoms. The molecule has 9 heteroatoms. The molecule has 0 aliphatic heterocycles. The number of aromatic amines is 1. The molecule has 0 fully saturated rings. The number of nitrogens with two attached hydrogens (primary N) is 1. The van der Waals surface area contributed by atoms with Gasteiger partial charge in [0.05, 0.1) is 5.69 Å². The topological polar surface area (TPSA) is 141 Å². The van der Waals surface area contributed by atoms with Crippen LogP contribution in [0.25, 0.3) is 22.0 Å². The van der Waals surface area contributed by atoms with E-state index >= 15 is 0 Å². The van der Waals surface area contributed by atoms with Crippen molar-refractivity contribution in [2.24, 2.45) is 5.73 Å². The fourth-order valence-corrected chi connectivity index (χ4v) is 4.53. The van der Waals surface area contributed by atoms with Crippen LogP contribution >= 0.6 is 0 Å². The molecule has 3 aromatic carbocycles. The molecule has 7 N–H and O–H groups in total. The van der Waals surface area contributed by atoms with E-state index in [0.717, 1.165) is 33.2 Å². The Morgan fingerprint density at radius 3 is 2.38 bits per heavy atom. The number of para-hydroxylation sites is 2. The number of rotatable bonds is 10. The van der Waals surface area contributed by atoms with Crippen molar-refractivity contribution in [1.82, 2.24) is 20.9 Å². The number of anilines is 1. The molecule has 4 amide bonds. The summed E-state index contributed by atoms with van der Waals surface area (Å²) in [6.45, 7) is 3.84. The van der Waals surface area contributed by atoms with Crippen LogP contribution in [0.2, 0.25) is 0 Å². The number of benzene rings is 3. The standard InChI is InChI=1S/C31H36N6O3/c1-31(2,32)17-28(38)36-27(16-22-19-34-25-10-6-4-9-24(22)25)29(39)35-18-20-12-14-21(15-13-20)23-8-5-7-11-26(23)37-30(40)33-3/h4-15,19,27,34H,16-18,32H2,1-3H3,(H,35,39)(H,36,38)(H2,33,37,40)/t27-/m1/s1. The number of fused-ring (bicyclic) bond motifs is 1. The van der Waals surface area contributed by atoms with Crippen LogP contribution in [-0.2, 0) is 22.6 Å². The molecule has 1 aromatic heterocycles. The Kier molecular flexibility index (Phi) is 8.86. The molecule has 1 atom stereocenters. The van der Waals surface area contributed by atoms with Gasteiger partial charge in [0.2, 0.25) is 11.8 Å². The van der Waals surface area contributed by atoms with E-state index < -0.39 is 11.6 Å². The number of nitrogens with one attached hydrogen (secondary N) is 5. The summed E-state index contributed by atoms with van der Waals surface area (Å²) in [5, 5.41) is 12.3. The third-order valence-electron chi connectivity index (χ3n) is 6.50. The molecule has 0 radical (unpaired) electrons. The molecule has 0 unspecified atom stereocenters. The lowest BCUT2D eigenvalue weighted by Gasteiger charge is -2.22. The minimum Gasteiger partial charge on any atom is -0.361 e. The lowest BCUT2D eigenvalue weighted by atomic mass is 10.00. The van der Waals surface area contributed by atoms with Crippen molar-refractivity contribution < 1.29 is 14.4 Å². The van der Waals surface area contributed by atoms with Crippen molar-refractivity contribution in [3.63, 3.8) is 0 Å². The van der Waals surface area contributed by atoms with Gasteiger partial charge in [-0.05, 0) is 42.7 Å². The Morgan fingerprint density at radius 2 is 1.65 bits per heavy atom. The third-order valence-corrected chi connectivity index (χ3v) is 6.50. The molecule has 0 spiro atoms. The molecular formula is C31H36N6O3. The Labute approximate surface area is 233 Å². The summed E-state index contributed by atoms with van der Waals surface area (Å²) in [5.74, 6) is -0.557. The average Bonchev–Trinajstić information content (AvgIpc) is 3.33. The molecule has 0 bridgehead atoms. The van der Waals surface area contributed by atoms with E-state index in [-0.39, 0.29) is 24.3 Å². The maximum atomic E-state index is 13.3. The van der Waals surface area contributed by atoms with Crippen molar-refractivity contribution in [2.45, 2.75) is 44.8 Å². The number of carbonyl (C=O) groups excluding carboxylic acids is 3. The van der Waals surface area contributed by atoms with Crippen LogP contribution in [0.15, 0.2) is 79.0 Å². The van der Waals surface area contributed by atoms with Crippen LogP contribution in [-0.4, -0.2) is 41.5 Å². The van der Waals surface area contributed by atoms with Crippen molar-refractivity contribution >= 4 is 34.4 Å². The minimum absolute atomic E-state index is 0.0996. The molecule has 0 saturated carbocycles. The van der Waals surface area contributed by atoms with Gasteiger partial charge < -0.3 is 32.0 Å². The molecule has 4 rings (SSSR count). The SMILES string of the molecule is CNC(=O)Nc1ccccc1-c1ccc(CNC(=O)[C@@H](Cc2c[nH]c3ccccc23)NC(=O)CC(C)(C)N)cc1. The Balaban J connectivity index is 1.46. The van der Waals surface area contributed by atoms with Crippen molar-refractivity contribution in [3.05, 3.63) is 90.1 Å². The zero-order valence-electron chi connectivity index (χ0n) is 23.0. The van der Waals surface area contributed by atoms with Gasteiger partial charge >= 0.3 is 6.03 Å².